The third kappa shape index (κ3) is 6.16. The Morgan fingerprint density at radius 2 is 1.84 bits per heavy atom. The third-order valence-electron chi connectivity index (χ3n) is 3.11. The van der Waals surface area contributed by atoms with Crippen molar-refractivity contribution in [2.45, 2.75) is 0 Å². The summed E-state index contributed by atoms with van der Waals surface area (Å²) >= 11 is 0. The number of sulfone groups is 1. The van der Waals surface area contributed by atoms with Gasteiger partial charge in [-0.1, -0.05) is 12.1 Å². The Bertz CT molecular complexity index is 887. The van der Waals surface area contributed by atoms with Gasteiger partial charge in [-0.3, -0.25) is 0 Å². The van der Waals surface area contributed by atoms with E-state index in [9.17, 15) is 13.2 Å². The lowest BCUT2D eigenvalue weighted by atomic mass is 10.2. The number of carbonyl (C=O) groups excluding carboxylic acids is 1. The minimum absolute atomic E-state index is 0.0385. The third-order valence-corrected chi connectivity index (χ3v) is 4.05. The monoisotopic (exact) mass is 359 g/mol. The molecule has 0 radical (unpaired) electrons. The van der Waals surface area contributed by atoms with Crippen LogP contribution >= 0.6 is 0 Å². The number of hydrogen-bond acceptors (Lipinski definition) is 5. The summed E-state index contributed by atoms with van der Waals surface area (Å²) in [6, 6.07) is 15.0. The quantitative estimate of drug-likeness (QED) is 0.824. The molecule has 0 bridgehead atoms. The van der Waals surface area contributed by atoms with E-state index in [0.29, 0.717) is 22.7 Å². The highest BCUT2D eigenvalue weighted by molar-refractivity contribution is 7.90. The van der Waals surface area contributed by atoms with Gasteiger partial charge in [-0.05, 0) is 36.4 Å². The van der Waals surface area contributed by atoms with Crippen molar-refractivity contribution in [3.05, 3.63) is 54.1 Å². The molecule has 0 saturated carbocycles. The topological polar surface area (TPSA) is 108 Å². The van der Waals surface area contributed by atoms with E-state index in [1.807, 2.05) is 0 Å². The van der Waals surface area contributed by atoms with Gasteiger partial charge in [-0.2, -0.15) is 5.26 Å². The SMILES string of the molecule is CS(=O)(=O)CCNC(=O)Nc1ccc(Oc2ccccc2C#N)cc1. The summed E-state index contributed by atoms with van der Waals surface area (Å²) in [6.45, 7) is 0.0385. The highest BCUT2D eigenvalue weighted by Gasteiger charge is 2.06. The van der Waals surface area contributed by atoms with E-state index in [1.54, 1.807) is 48.5 Å². The number of benzene rings is 2. The predicted octanol–water partition coefficient (Wildman–Crippen LogP) is 2.52. The molecule has 0 aromatic heterocycles. The summed E-state index contributed by atoms with van der Waals surface area (Å²) < 4.78 is 27.6. The van der Waals surface area contributed by atoms with Crippen LogP contribution in [0.15, 0.2) is 48.5 Å². The Morgan fingerprint density at radius 3 is 2.48 bits per heavy atom. The minimum Gasteiger partial charge on any atom is -0.456 e. The van der Waals surface area contributed by atoms with Gasteiger partial charge >= 0.3 is 6.03 Å². The van der Waals surface area contributed by atoms with E-state index in [-0.39, 0.29) is 12.3 Å². The molecule has 0 aliphatic carbocycles. The summed E-state index contributed by atoms with van der Waals surface area (Å²) in [5.41, 5.74) is 0.952. The lowest BCUT2D eigenvalue weighted by Crippen LogP contribution is -2.32. The fraction of sp³-hybridized carbons (Fsp3) is 0.176. The number of nitrogens with zero attached hydrogens (tertiary/aromatic N) is 1. The summed E-state index contributed by atoms with van der Waals surface area (Å²) in [6.07, 6.45) is 1.11. The fourth-order valence-electron chi connectivity index (χ4n) is 1.91. The van der Waals surface area contributed by atoms with Gasteiger partial charge in [0.25, 0.3) is 0 Å². The molecule has 0 atom stereocenters. The van der Waals surface area contributed by atoms with Crippen LogP contribution in [0, 0.1) is 11.3 Å². The van der Waals surface area contributed by atoms with Crippen LogP contribution in [-0.4, -0.2) is 33.0 Å². The number of anilines is 1. The van der Waals surface area contributed by atoms with Crippen molar-refractivity contribution < 1.29 is 17.9 Å². The van der Waals surface area contributed by atoms with Gasteiger partial charge in [0.05, 0.1) is 11.3 Å². The summed E-state index contributed by atoms with van der Waals surface area (Å²) in [4.78, 5) is 11.7. The molecule has 0 aliphatic heterocycles. The molecule has 0 heterocycles. The van der Waals surface area contributed by atoms with Gasteiger partial charge in [0.2, 0.25) is 0 Å². The van der Waals surface area contributed by atoms with Crippen LogP contribution in [0.2, 0.25) is 0 Å². The zero-order chi connectivity index (χ0) is 18.3. The molecule has 8 heteroatoms. The molecule has 2 N–H and O–H groups in total. The summed E-state index contributed by atoms with van der Waals surface area (Å²) in [5, 5.41) is 14.1. The second-order valence-electron chi connectivity index (χ2n) is 5.25. The molecule has 2 amide bonds. The summed E-state index contributed by atoms with van der Waals surface area (Å²) in [5.74, 6) is 0.848. The number of amides is 2. The Balaban J connectivity index is 1.91. The summed E-state index contributed by atoms with van der Waals surface area (Å²) in [7, 11) is -3.12. The molecule has 7 nitrogen and oxygen atoms in total. The number of ether oxygens (including phenoxy) is 1. The Labute approximate surface area is 146 Å². The smallest absolute Gasteiger partial charge is 0.319 e. The molecule has 2 aromatic carbocycles. The molecule has 25 heavy (non-hydrogen) atoms. The number of nitriles is 1. The van der Waals surface area contributed by atoms with Gasteiger partial charge in [0.1, 0.15) is 27.4 Å². The standard InChI is InChI=1S/C17H17N3O4S/c1-25(22,23)11-10-19-17(21)20-14-6-8-15(9-7-14)24-16-5-3-2-4-13(16)12-18/h2-9H,10-11H2,1H3,(H2,19,20,21). The van der Waals surface area contributed by atoms with E-state index in [0.717, 1.165) is 6.26 Å². The molecular formula is C17H17N3O4S. The predicted molar refractivity (Wildman–Crippen MR) is 94.4 cm³/mol. The van der Waals surface area contributed by atoms with Gasteiger partial charge in [-0.15, -0.1) is 0 Å². The van der Waals surface area contributed by atoms with Crippen molar-refractivity contribution >= 4 is 21.6 Å². The minimum atomic E-state index is -3.12. The number of nitrogens with one attached hydrogen (secondary N) is 2. The molecule has 0 unspecified atom stereocenters. The van der Waals surface area contributed by atoms with Crippen LogP contribution in [-0.2, 0) is 9.84 Å². The zero-order valence-electron chi connectivity index (χ0n) is 13.5. The number of rotatable bonds is 6. The molecule has 0 spiro atoms. The van der Waals surface area contributed by atoms with Crippen LogP contribution < -0.4 is 15.4 Å². The first kappa shape index (κ1) is 18.3. The molecule has 0 aliphatic rings. The average Bonchev–Trinajstić information content (AvgIpc) is 2.56. The normalized spacial score (nSPS) is 10.6. The highest BCUT2D eigenvalue weighted by Crippen LogP contribution is 2.25. The Hall–Kier alpha value is -3.05. The average molecular weight is 359 g/mol. The van der Waals surface area contributed by atoms with Crippen molar-refractivity contribution in [3.63, 3.8) is 0 Å². The van der Waals surface area contributed by atoms with Crippen LogP contribution in [0.4, 0.5) is 10.5 Å². The maximum atomic E-state index is 11.7. The largest absolute Gasteiger partial charge is 0.456 e. The number of hydrogen-bond donors (Lipinski definition) is 2. The zero-order valence-corrected chi connectivity index (χ0v) is 14.3. The van der Waals surface area contributed by atoms with Crippen molar-refractivity contribution in [3.8, 4) is 17.6 Å². The van der Waals surface area contributed by atoms with Gasteiger partial charge < -0.3 is 15.4 Å². The number of para-hydroxylation sites is 1. The molecule has 0 saturated heterocycles. The molecule has 130 valence electrons. The maximum absolute atomic E-state index is 11.7. The first-order valence-electron chi connectivity index (χ1n) is 7.37. The van der Waals surface area contributed by atoms with Crippen molar-refractivity contribution in [1.82, 2.24) is 5.32 Å². The molecular weight excluding hydrogens is 342 g/mol. The van der Waals surface area contributed by atoms with Crippen LogP contribution in [0.25, 0.3) is 0 Å². The van der Waals surface area contributed by atoms with Crippen molar-refractivity contribution in [1.29, 1.82) is 5.26 Å². The molecule has 0 fully saturated rings. The van der Waals surface area contributed by atoms with E-state index in [1.165, 1.54) is 0 Å². The second-order valence-corrected chi connectivity index (χ2v) is 7.50. The van der Waals surface area contributed by atoms with E-state index < -0.39 is 15.9 Å². The van der Waals surface area contributed by atoms with Gasteiger partial charge in [0, 0.05) is 18.5 Å². The number of carbonyl (C=O) groups is 1. The lowest BCUT2D eigenvalue weighted by molar-refractivity contribution is 0.252. The van der Waals surface area contributed by atoms with E-state index in [4.69, 9.17) is 10.00 Å². The second kappa shape index (κ2) is 8.17. The van der Waals surface area contributed by atoms with Gasteiger partial charge in [-0.25, -0.2) is 13.2 Å². The molecule has 2 aromatic rings. The lowest BCUT2D eigenvalue weighted by Gasteiger charge is -2.09. The van der Waals surface area contributed by atoms with Crippen LogP contribution in [0.5, 0.6) is 11.5 Å². The molecule has 2 rings (SSSR count). The van der Waals surface area contributed by atoms with Crippen molar-refractivity contribution in [2.24, 2.45) is 0 Å². The van der Waals surface area contributed by atoms with E-state index >= 15 is 0 Å². The Kier molecular flexibility index (Phi) is 5.98. The van der Waals surface area contributed by atoms with Crippen molar-refractivity contribution in [2.75, 3.05) is 23.9 Å². The number of urea groups is 1. The first-order valence-corrected chi connectivity index (χ1v) is 9.43. The van der Waals surface area contributed by atoms with E-state index in [2.05, 4.69) is 16.7 Å². The Morgan fingerprint density at radius 1 is 1.16 bits per heavy atom. The first-order chi connectivity index (χ1) is 11.9. The van der Waals surface area contributed by atoms with Crippen LogP contribution in [0.3, 0.4) is 0 Å². The van der Waals surface area contributed by atoms with Crippen LogP contribution in [0.1, 0.15) is 5.56 Å². The highest BCUT2D eigenvalue weighted by atomic mass is 32.2. The van der Waals surface area contributed by atoms with Gasteiger partial charge in [0.15, 0.2) is 0 Å². The fourth-order valence-corrected chi connectivity index (χ4v) is 2.38. The maximum Gasteiger partial charge on any atom is 0.319 e.